The van der Waals surface area contributed by atoms with Crippen LogP contribution in [0.15, 0.2) is 42.5 Å². The van der Waals surface area contributed by atoms with Crippen molar-refractivity contribution in [3.63, 3.8) is 0 Å². The van der Waals surface area contributed by atoms with Crippen LogP contribution < -0.4 is 20.1 Å². The summed E-state index contributed by atoms with van der Waals surface area (Å²) < 4.78 is 10.5. The predicted molar refractivity (Wildman–Crippen MR) is 111 cm³/mol. The van der Waals surface area contributed by atoms with Crippen molar-refractivity contribution in [1.29, 1.82) is 0 Å². The first-order chi connectivity index (χ1) is 13.5. The van der Waals surface area contributed by atoms with E-state index in [4.69, 9.17) is 21.1 Å². The first-order valence-corrected chi connectivity index (χ1v) is 9.15. The summed E-state index contributed by atoms with van der Waals surface area (Å²) in [4.78, 5) is 24.7. The Bertz CT molecular complexity index is 881. The highest BCUT2D eigenvalue weighted by molar-refractivity contribution is 6.31. The minimum Gasteiger partial charge on any atom is -0.497 e. The van der Waals surface area contributed by atoms with Gasteiger partial charge in [-0.25, -0.2) is 0 Å². The van der Waals surface area contributed by atoms with Crippen molar-refractivity contribution in [2.45, 2.75) is 13.3 Å². The quantitative estimate of drug-likeness (QED) is 0.650. The number of hydrogen-bond donors (Lipinski definition) is 2. The van der Waals surface area contributed by atoms with E-state index in [1.165, 1.54) is 6.08 Å². The highest BCUT2D eigenvalue weighted by Crippen LogP contribution is 2.25. The van der Waals surface area contributed by atoms with E-state index in [1.807, 2.05) is 6.92 Å². The van der Waals surface area contributed by atoms with Gasteiger partial charge in [-0.05, 0) is 48.9 Å². The van der Waals surface area contributed by atoms with E-state index in [9.17, 15) is 9.59 Å². The van der Waals surface area contributed by atoms with Crippen LogP contribution >= 0.6 is 11.6 Å². The number of nitrogens with one attached hydrogen (secondary N) is 2. The standard InChI is InChI=1S/C21H23ClN2O4/c1-4-11-23-21(26)17-8-6-15(22)13-18(17)24-20(25)10-5-14-12-16(27-2)7-9-19(14)28-3/h5-10,12-13H,4,11H2,1-3H3,(H,23,26)(H,24,25)/b10-5+. The van der Waals surface area contributed by atoms with Gasteiger partial charge in [-0.3, -0.25) is 9.59 Å². The van der Waals surface area contributed by atoms with Gasteiger partial charge >= 0.3 is 0 Å². The van der Waals surface area contributed by atoms with E-state index in [-0.39, 0.29) is 5.91 Å². The minimum atomic E-state index is -0.406. The molecule has 0 aliphatic heterocycles. The number of anilines is 1. The van der Waals surface area contributed by atoms with Crippen LogP contribution in [0.25, 0.3) is 6.08 Å². The van der Waals surface area contributed by atoms with Crippen LogP contribution in [0.5, 0.6) is 11.5 Å². The summed E-state index contributed by atoms with van der Waals surface area (Å²) in [6.45, 7) is 2.51. The van der Waals surface area contributed by atoms with E-state index in [0.717, 1.165) is 6.42 Å². The second-order valence-corrected chi connectivity index (χ2v) is 6.31. The van der Waals surface area contributed by atoms with Crippen LogP contribution in [0.2, 0.25) is 5.02 Å². The number of methoxy groups -OCH3 is 2. The van der Waals surface area contributed by atoms with Crippen LogP contribution in [-0.2, 0) is 4.79 Å². The van der Waals surface area contributed by atoms with E-state index in [0.29, 0.717) is 39.9 Å². The monoisotopic (exact) mass is 402 g/mol. The summed E-state index contributed by atoms with van der Waals surface area (Å²) in [6, 6.07) is 10.0. The van der Waals surface area contributed by atoms with E-state index >= 15 is 0 Å². The predicted octanol–water partition coefficient (Wildman–Crippen LogP) is 4.15. The SMILES string of the molecule is CCCNC(=O)c1ccc(Cl)cc1NC(=O)/C=C/c1cc(OC)ccc1OC. The Morgan fingerprint density at radius 2 is 1.89 bits per heavy atom. The maximum atomic E-state index is 12.4. The number of amides is 2. The molecule has 148 valence electrons. The third-order valence-corrected chi connectivity index (χ3v) is 4.11. The Hall–Kier alpha value is -2.99. The summed E-state index contributed by atoms with van der Waals surface area (Å²) in [5.74, 6) is 0.571. The Morgan fingerprint density at radius 3 is 2.57 bits per heavy atom. The van der Waals surface area contributed by atoms with Crippen molar-refractivity contribution in [3.05, 3.63) is 58.6 Å². The molecule has 2 rings (SSSR count). The molecule has 0 spiro atoms. The molecular formula is C21H23ClN2O4. The molecule has 28 heavy (non-hydrogen) atoms. The first kappa shape index (κ1) is 21.3. The Kier molecular flexibility index (Phi) is 7.89. The van der Waals surface area contributed by atoms with Crippen LogP contribution in [0.4, 0.5) is 5.69 Å². The fourth-order valence-corrected chi connectivity index (χ4v) is 2.63. The fourth-order valence-electron chi connectivity index (χ4n) is 2.46. The average molecular weight is 403 g/mol. The smallest absolute Gasteiger partial charge is 0.253 e. The third kappa shape index (κ3) is 5.76. The number of ether oxygens (including phenoxy) is 2. The number of hydrogen-bond acceptors (Lipinski definition) is 4. The lowest BCUT2D eigenvalue weighted by Crippen LogP contribution is -2.25. The van der Waals surface area contributed by atoms with Crippen LogP contribution in [0.3, 0.4) is 0 Å². The van der Waals surface area contributed by atoms with Gasteiger partial charge in [0.2, 0.25) is 5.91 Å². The molecule has 0 unspecified atom stereocenters. The fraction of sp³-hybridized carbons (Fsp3) is 0.238. The minimum absolute atomic E-state index is 0.271. The van der Waals surface area contributed by atoms with Crippen molar-refractivity contribution in [1.82, 2.24) is 5.32 Å². The maximum Gasteiger partial charge on any atom is 0.253 e. The zero-order chi connectivity index (χ0) is 20.5. The summed E-state index contributed by atoms with van der Waals surface area (Å²) in [5, 5.41) is 5.90. The zero-order valence-electron chi connectivity index (χ0n) is 16.0. The lowest BCUT2D eigenvalue weighted by atomic mass is 10.1. The Balaban J connectivity index is 2.20. The maximum absolute atomic E-state index is 12.4. The van der Waals surface area contributed by atoms with Crippen LogP contribution in [-0.4, -0.2) is 32.6 Å². The molecule has 2 aromatic rings. The molecule has 2 aromatic carbocycles. The van der Waals surface area contributed by atoms with Crippen molar-refractivity contribution in [2.24, 2.45) is 0 Å². The molecule has 0 saturated heterocycles. The first-order valence-electron chi connectivity index (χ1n) is 8.77. The molecule has 0 atom stereocenters. The summed E-state index contributed by atoms with van der Waals surface area (Å²) >= 11 is 6.02. The van der Waals surface area contributed by atoms with Gasteiger partial charge in [-0.1, -0.05) is 18.5 Å². The molecule has 2 amide bonds. The van der Waals surface area contributed by atoms with Crippen LogP contribution in [0.1, 0.15) is 29.3 Å². The second-order valence-electron chi connectivity index (χ2n) is 5.88. The lowest BCUT2D eigenvalue weighted by Gasteiger charge is -2.11. The van der Waals surface area contributed by atoms with E-state index in [2.05, 4.69) is 10.6 Å². The van der Waals surface area contributed by atoms with Crippen molar-refractivity contribution >= 4 is 35.2 Å². The molecule has 0 aromatic heterocycles. The molecule has 2 N–H and O–H groups in total. The normalized spacial score (nSPS) is 10.6. The number of rotatable bonds is 8. The molecule has 0 radical (unpaired) electrons. The number of carbonyl (C=O) groups excluding carboxylic acids is 2. The summed E-state index contributed by atoms with van der Waals surface area (Å²) in [5.41, 5.74) is 1.37. The van der Waals surface area contributed by atoms with Gasteiger partial charge in [-0.2, -0.15) is 0 Å². The second kappa shape index (κ2) is 10.4. The third-order valence-electron chi connectivity index (χ3n) is 3.87. The Morgan fingerprint density at radius 1 is 1.11 bits per heavy atom. The Labute approximate surface area is 169 Å². The van der Waals surface area contributed by atoms with Gasteiger partial charge in [-0.15, -0.1) is 0 Å². The van der Waals surface area contributed by atoms with E-state index < -0.39 is 5.91 Å². The number of benzene rings is 2. The molecule has 0 aliphatic rings. The van der Waals surface area contributed by atoms with Crippen LogP contribution in [0, 0.1) is 0 Å². The molecule has 0 heterocycles. The molecular weight excluding hydrogens is 380 g/mol. The van der Waals surface area contributed by atoms with Gasteiger partial charge in [0.1, 0.15) is 11.5 Å². The molecule has 0 bridgehead atoms. The topological polar surface area (TPSA) is 76.7 Å². The highest BCUT2D eigenvalue weighted by Gasteiger charge is 2.13. The van der Waals surface area contributed by atoms with Gasteiger partial charge in [0, 0.05) is 23.2 Å². The molecule has 7 heteroatoms. The summed E-state index contributed by atoms with van der Waals surface area (Å²) in [7, 11) is 3.11. The molecule has 0 saturated carbocycles. The average Bonchev–Trinajstić information content (AvgIpc) is 2.70. The molecule has 6 nitrogen and oxygen atoms in total. The lowest BCUT2D eigenvalue weighted by molar-refractivity contribution is -0.111. The molecule has 0 fully saturated rings. The van der Waals surface area contributed by atoms with Crippen molar-refractivity contribution < 1.29 is 19.1 Å². The van der Waals surface area contributed by atoms with Gasteiger partial charge < -0.3 is 20.1 Å². The summed E-state index contributed by atoms with van der Waals surface area (Å²) in [6.07, 6.45) is 3.77. The zero-order valence-corrected chi connectivity index (χ0v) is 16.8. The van der Waals surface area contributed by atoms with Gasteiger partial charge in [0.15, 0.2) is 0 Å². The number of carbonyl (C=O) groups is 2. The van der Waals surface area contributed by atoms with E-state index in [1.54, 1.807) is 56.7 Å². The molecule has 0 aliphatic carbocycles. The van der Waals surface area contributed by atoms with Crippen molar-refractivity contribution in [3.8, 4) is 11.5 Å². The van der Waals surface area contributed by atoms with Gasteiger partial charge in [0.05, 0.1) is 25.5 Å². The highest BCUT2D eigenvalue weighted by atomic mass is 35.5. The largest absolute Gasteiger partial charge is 0.497 e. The number of halogens is 1. The van der Waals surface area contributed by atoms with Gasteiger partial charge in [0.25, 0.3) is 5.91 Å². The van der Waals surface area contributed by atoms with Crippen molar-refractivity contribution in [2.75, 3.05) is 26.1 Å².